The van der Waals surface area contributed by atoms with E-state index >= 15 is 0 Å². The Balaban J connectivity index is 5.10. The summed E-state index contributed by atoms with van der Waals surface area (Å²) in [6.45, 7) is 7.14. The molecule has 0 saturated carbocycles. The highest BCUT2D eigenvalue weighted by atomic mass is 31.2. The van der Waals surface area contributed by atoms with Crippen molar-refractivity contribution in [1.29, 1.82) is 0 Å². The van der Waals surface area contributed by atoms with E-state index in [1.54, 1.807) is 0 Å². The first kappa shape index (κ1) is 93.1. The van der Waals surface area contributed by atoms with Gasteiger partial charge >= 0.3 is 39.5 Å². The number of hydrogen-bond acceptors (Lipinski definition) is 15. The average molecular weight is 1400 g/mol. The third-order valence-corrected chi connectivity index (χ3v) is 20.0. The lowest BCUT2D eigenvalue weighted by Crippen LogP contribution is -2.30. The van der Waals surface area contributed by atoms with E-state index < -0.39 is 97.5 Å². The van der Waals surface area contributed by atoms with Crippen LogP contribution in [0.2, 0.25) is 0 Å². The highest BCUT2D eigenvalue weighted by molar-refractivity contribution is 7.47. The van der Waals surface area contributed by atoms with Gasteiger partial charge in [-0.3, -0.25) is 37.3 Å². The van der Waals surface area contributed by atoms with Crippen LogP contribution in [0.1, 0.15) is 401 Å². The molecule has 0 aromatic rings. The first-order valence-corrected chi connectivity index (χ1v) is 42.7. The Labute approximate surface area is 581 Å². The van der Waals surface area contributed by atoms with Crippen molar-refractivity contribution in [3.8, 4) is 0 Å². The van der Waals surface area contributed by atoms with Gasteiger partial charge in [0.2, 0.25) is 0 Å². The molecule has 0 aliphatic heterocycles. The minimum absolute atomic E-state index is 0.102. The molecule has 0 rings (SSSR count). The predicted molar refractivity (Wildman–Crippen MR) is 386 cm³/mol. The Bertz CT molecular complexity index is 1820. The van der Waals surface area contributed by atoms with Gasteiger partial charge < -0.3 is 33.8 Å². The quantitative estimate of drug-likeness (QED) is 0.0222. The fraction of sp³-hybridized carbons (Fsp3) is 0.947. The Morgan fingerprint density at radius 3 is 0.747 bits per heavy atom. The van der Waals surface area contributed by atoms with E-state index in [-0.39, 0.29) is 25.7 Å². The Hall–Kier alpha value is -1.94. The van der Waals surface area contributed by atoms with Crippen molar-refractivity contribution >= 4 is 39.5 Å². The number of phosphoric acid groups is 2. The van der Waals surface area contributed by atoms with Crippen LogP contribution < -0.4 is 0 Å². The zero-order valence-corrected chi connectivity index (χ0v) is 63.6. The lowest BCUT2D eigenvalue weighted by atomic mass is 10.00. The van der Waals surface area contributed by atoms with Crippen molar-refractivity contribution in [3.05, 3.63) is 0 Å². The monoisotopic (exact) mass is 1400 g/mol. The third kappa shape index (κ3) is 69.0. The summed E-state index contributed by atoms with van der Waals surface area (Å²) in [5.41, 5.74) is 0. The molecule has 0 aromatic carbocycles. The summed E-state index contributed by atoms with van der Waals surface area (Å²) in [6.07, 6.45) is 59.0. The van der Waals surface area contributed by atoms with Gasteiger partial charge in [-0.15, -0.1) is 0 Å². The van der Waals surface area contributed by atoms with Gasteiger partial charge in [0.05, 0.1) is 26.4 Å². The predicted octanol–water partition coefficient (Wildman–Crippen LogP) is 22.5. The average Bonchev–Trinajstić information content (AvgIpc) is 3.31. The Morgan fingerprint density at radius 2 is 0.505 bits per heavy atom. The molecule has 17 nitrogen and oxygen atoms in total. The summed E-state index contributed by atoms with van der Waals surface area (Å²) in [6, 6.07) is 0. The van der Waals surface area contributed by atoms with Crippen molar-refractivity contribution in [3.63, 3.8) is 0 Å². The molecule has 0 aliphatic carbocycles. The molecule has 0 heterocycles. The van der Waals surface area contributed by atoms with E-state index in [0.717, 1.165) is 102 Å². The lowest BCUT2D eigenvalue weighted by Gasteiger charge is -2.21. The van der Waals surface area contributed by atoms with E-state index in [1.807, 2.05) is 0 Å². The SMILES string of the molecule is CCCCCCCCCCCCCCCCCCCCCCCCC(=O)O[C@H](COC(=O)CCCCCCCCCCCCCCCCCCCC)COP(=O)(O)OC[C@@H](O)COP(=O)(O)OC[C@@H](COC(=O)CCCCCCC)OC(=O)CCCCCCCCC(C)CC. The number of rotatable bonds is 76. The maximum absolute atomic E-state index is 13.1. The van der Waals surface area contributed by atoms with Crippen LogP contribution in [0, 0.1) is 5.92 Å². The molecule has 0 radical (unpaired) electrons. The van der Waals surface area contributed by atoms with Crippen LogP contribution in [0.15, 0.2) is 0 Å². The van der Waals surface area contributed by atoms with E-state index in [2.05, 4.69) is 34.6 Å². The van der Waals surface area contributed by atoms with Crippen LogP contribution in [0.3, 0.4) is 0 Å². The van der Waals surface area contributed by atoms with Gasteiger partial charge in [0.25, 0.3) is 0 Å². The second-order valence-electron chi connectivity index (χ2n) is 27.6. The molecule has 0 fully saturated rings. The van der Waals surface area contributed by atoms with Gasteiger partial charge in [0, 0.05) is 25.7 Å². The normalized spacial score (nSPS) is 14.2. The van der Waals surface area contributed by atoms with Gasteiger partial charge in [-0.1, -0.05) is 349 Å². The Kier molecular flexibility index (Phi) is 67.7. The highest BCUT2D eigenvalue weighted by Gasteiger charge is 2.30. The molecule has 0 bridgehead atoms. The van der Waals surface area contributed by atoms with Crippen LogP contribution in [-0.4, -0.2) is 96.7 Å². The number of ether oxygens (including phenoxy) is 4. The number of aliphatic hydroxyl groups excluding tert-OH is 1. The number of phosphoric ester groups is 2. The minimum Gasteiger partial charge on any atom is -0.462 e. The van der Waals surface area contributed by atoms with E-state index in [4.69, 9.17) is 37.0 Å². The van der Waals surface area contributed by atoms with Gasteiger partial charge in [-0.25, -0.2) is 9.13 Å². The zero-order chi connectivity index (χ0) is 69.8. The van der Waals surface area contributed by atoms with Gasteiger partial charge in [0.1, 0.15) is 19.3 Å². The second-order valence-corrected chi connectivity index (χ2v) is 30.5. The van der Waals surface area contributed by atoms with Crippen molar-refractivity contribution in [2.24, 2.45) is 5.92 Å². The number of aliphatic hydroxyl groups is 1. The van der Waals surface area contributed by atoms with E-state index in [9.17, 15) is 43.2 Å². The number of carbonyl (C=O) groups excluding carboxylic acids is 4. The smallest absolute Gasteiger partial charge is 0.462 e. The lowest BCUT2D eigenvalue weighted by molar-refractivity contribution is -0.161. The molecule has 564 valence electrons. The van der Waals surface area contributed by atoms with Crippen molar-refractivity contribution in [2.75, 3.05) is 39.6 Å². The molecular formula is C76H148O17P2. The second kappa shape index (κ2) is 69.2. The van der Waals surface area contributed by atoms with Crippen molar-refractivity contribution in [1.82, 2.24) is 0 Å². The van der Waals surface area contributed by atoms with Crippen LogP contribution in [0.5, 0.6) is 0 Å². The molecule has 0 amide bonds. The summed E-state index contributed by atoms with van der Waals surface area (Å²) in [5, 5.41) is 10.6. The van der Waals surface area contributed by atoms with Crippen molar-refractivity contribution < 1.29 is 80.2 Å². The summed E-state index contributed by atoms with van der Waals surface area (Å²) in [4.78, 5) is 72.4. The minimum atomic E-state index is -4.95. The molecule has 3 N–H and O–H groups in total. The zero-order valence-electron chi connectivity index (χ0n) is 61.8. The summed E-state index contributed by atoms with van der Waals surface area (Å²) in [5.74, 6) is -1.41. The topological polar surface area (TPSA) is 237 Å². The summed E-state index contributed by atoms with van der Waals surface area (Å²) in [7, 11) is -9.90. The first-order chi connectivity index (χ1) is 46.1. The Morgan fingerprint density at radius 1 is 0.295 bits per heavy atom. The molecule has 19 heteroatoms. The summed E-state index contributed by atoms with van der Waals surface area (Å²) >= 11 is 0. The van der Waals surface area contributed by atoms with Crippen LogP contribution in [-0.2, 0) is 65.4 Å². The number of carbonyl (C=O) groups is 4. The maximum atomic E-state index is 13.1. The molecule has 6 atom stereocenters. The van der Waals surface area contributed by atoms with Crippen LogP contribution >= 0.6 is 15.6 Å². The molecule has 3 unspecified atom stereocenters. The maximum Gasteiger partial charge on any atom is 0.472 e. The fourth-order valence-electron chi connectivity index (χ4n) is 11.7. The van der Waals surface area contributed by atoms with E-state index in [0.29, 0.717) is 25.7 Å². The molecule has 0 spiro atoms. The van der Waals surface area contributed by atoms with Crippen LogP contribution in [0.4, 0.5) is 0 Å². The number of hydrogen-bond donors (Lipinski definition) is 3. The molecule has 95 heavy (non-hydrogen) atoms. The largest absolute Gasteiger partial charge is 0.472 e. The van der Waals surface area contributed by atoms with E-state index in [1.165, 1.54) is 218 Å². The first-order valence-electron chi connectivity index (χ1n) is 39.7. The van der Waals surface area contributed by atoms with Crippen molar-refractivity contribution in [2.45, 2.75) is 419 Å². The van der Waals surface area contributed by atoms with Gasteiger partial charge in [-0.05, 0) is 31.6 Å². The van der Waals surface area contributed by atoms with Gasteiger partial charge in [-0.2, -0.15) is 0 Å². The van der Waals surface area contributed by atoms with Crippen LogP contribution in [0.25, 0.3) is 0 Å². The van der Waals surface area contributed by atoms with Gasteiger partial charge in [0.15, 0.2) is 12.2 Å². The fourth-order valence-corrected chi connectivity index (χ4v) is 13.3. The standard InChI is InChI=1S/C76H148O17P2/c1-6-10-13-16-18-20-22-24-26-28-30-31-32-33-35-37-39-41-43-45-51-56-61-75(80)92-72(66-87-74(79)60-55-50-44-42-40-38-36-34-29-27-25-23-21-19-17-14-11-7-2)68-91-95(84,85)89-64-70(77)63-88-94(82,83)90-67-71(65-86-73(78)59-54-48-15-12-8-3)93-76(81)62-57-52-47-46-49-53-58-69(5)9-4/h69-72,77H,6-68H2,1-5H3,(H,82,83)(H,84,85)/t69?,70-,71+,72+/m0/s1. The number of esters is 4. The third-order valence-electron chi connectivity index (χ3n) is 18.1. The molecule has 0 saturated heterocycles. The molecule has 0 aromatic heterocycles. The highest BCUT2D eigenvalue weighted by Crippen LogP contribution is 2.45. The molecule has 0 aliphatic rings. The summed E-state index contributed by atoms with van der Waals surface area (Å²) < 4.78 is 68.2. The molecular weight excluding hydrogens is 1250 g/mol. The number of unbranched alkanes of at least 4 members (excludes halogenated alkanes) is 47.